The van der Waals surface area contributed by atoms with Gasteiger partial charge in [0, 0.05) is 18.1 Å². The highest BCUT2D eigenvalue weighted by Gasteiger charge is 2.37. The van der Waals surface area contributed by atoms with E-state index in [1.54, 1.807) is 35.2 Å². The number of hydrogen-bond acceptors (Lipinski definition) is 4. The van der Waals surface area contributed by atoms with Gasteiger partial charge in [0.1, 0.15) is 6.54 Å². The quantitative estimate of drug-likeness (QED) is 0.716. The van der Waals surface area contributed by atoms with Crippen LogP contribution in [0.5, 0.6) is 0 Å². The molecule has 0 aromatic heterocycles. The van der Waals surface area contributed by atoms with E-state index < -0.39 is 11.1 Å². The highest BCUT2D eigenvalue weighted by molar-refractivity contribution is 8.18. The molecule has 2 aliphatic rings. The minimum atomic E-state index is -0.444. The van der Waals surface area contributed by atoms with Crippen LogP contribution < -0.4 is 0 Å². The molecule has 1 saturated heterocycles. The summed E-state index contributed by atoms with van der Waals surface area (Å²) >= 11 is 6.81. The lowest BCUT2D eigenvalue weighted by Gasteiger charge is -2.29. The third-order valence-corrected chi connectivity index (χ3v) is 5.94. The second-order valence-corrected chi connectivity index (χ2v) is 8.09. The van der Waals surface area contributed by atoms with E-state index in [1.165, 1.54) is 5.56 Å². The summed E-state index contributed by atoms with van der Waals surface area (Å²) < 4.78 is 0. The first-order valence-corrected chi connectivity index (χ1v) is 10.1. The van der Waals surface area contributed by atoms with Crippen LogP contribution in [0.15, 0.2) is 53.4 Å². The third-order valence-electron chi connectivity index (χ3n) is 4.80. The van der Waals surface area contributed by atoms with Gasteiger partial charge in [-0.3, -0.25) is 19.3 Å². The number of nitrogens with zero attached hydrogens (tertiary/aromatic N) is 2. The maximum atomic E-state index is 12.7. The normalized spacial score (nSPS) is 18.0. The maximum Gasteiger partial charge on any atom is 0.294 e. The standard InChI is InChI=1S/C21H17ClN2O3S/c22-17-7-3-4-14(10-17)11-18-20(26)24(21(27)28-18)13-19(25)23-9-8-15-5-1-2-6-16(15)12-23/h1-7,10-11H,8-9,12-13H2/b18-11+. The lowest BCUT2D eigenvalue weighted by molar-refractivity contribution is -0.136. The molecule has 28 heavy (non-hydrogen) atoms. The van der Waals surface area contributed by atoms with Crippen LogP contribution in [-0.2, 0) is 22.6 Å². The van der Waals surface area contributed by atoms with Gasteiger partial charge >= 0.3 is 0 Å². The lowest BCUT2D eigenvalue weighted by atomic mass is 10.00. The summed E-state index contributed by atoms with van der Waals surface area (Å²) in [7, 11) is 0. The Morgan fingerprint density at radius 3 is 2.68 bits per heavy atom. The fraction of sp³-hybridized carbons (Fsp3) is 0.190. The topological polar surface area (TPSA) is 57.7 Å². The van der Waals surface area contributed by atoms with Crippen LogP contribution in [0.25, 0.3) is 6.08 Å². The summed E-state index contributed by atoms with van der Waals surface area (Å²) in [5, 5.41) is 0.123. The zero-order chi connectivity index (χ0) is 19.7. The Balaban J connectivity index is 1.46. The molecule has 2 aromatic carbocycles. The molecule has 0 atom stereocenters. The summed E-state index contributed by atoms with van der Waals surface area (Å²) in [6, 6.07) is 15.0. The van der Waals surface area contributed by atoms with Crippen molar-refractivity contribution in [2.75, 3.05) is 13.1 Å². The SMILES string of the molecule is O=C(CN1C(=O)S/C(=C/c2cccc(Cl)c2)C1=O)N1CCc2ccccc2C1. The fourth-order valence-electron chi connectivity index (χ4n) is 3.33. The van der Waals surface area contributed by atoms with Crippen LogP contribution in [-0.4, -0.2) is 39.9 Å². The molecule has 2 heterocycles. The van der Waals surface area contributed by atoms with E-state index in [0.717, 1.165) is 34.2 Å². The molecule has 4 rings (SSSR count). The van der Waals surface area contributed by atoms with E-state index in [1.807, 2.05) is 18.2 Å². The highest BCUT2D eigenvalue weighted by Crippen LogP contribution is 2.32. The number of thioether (sulfide) groups is 1. The molecule has 3 amide bonds. The summed E-state index contributed by atoms with van der Waals surface area (Å²) in [6.07, 6.45) is 2.40. The van der Waals surface area contributed by atoms with Crippen molar-refractivity contribution in [1.82, 2.24) is 9.80 Å². The van der Waals surface area contributed by atoms with Crippen molar-refractivity contribution in [3.8, 4) is 0 Å². The number of carbonyl (C=O) groups is 3. The van der Waals surface area contributed by atoms with Gasteiger partial charge in [0.25, 0.3) is 11.1 Å². The molecule has 0 aliphatic carbocycles. The van der Waals surface area contributed by atoms with E-state index in [0.29, 0.717) is 23.0 Å². The second-order valence-electron chi connectivity index (χ2n) is 6.66. The van der Waals surface area contributed by atoms with E-state index in [2.05, 4.69) is 6.07 Å². The summed E-state index contributed by atoms with van der Waals surface area (Å²) in [4.78, 5) is 40.6. The van der Waals surface area contributed by atoms with Crippen molar-refractivity contribution in [2.24, 2.45) is 0 Å². The van der Waals surface area contributed by atoms with Crippen LogP contribution >= 0.6 is 23.4 Å². The molecule has 0 bridgehead atoms. The number of rotatable bonds is 3. The van der Waals surface area contributed by atoms with Crippen molar-refractivity contribution >= 4 is 46.5 Å². The van der Waals surface area contributed by atoms with Crippen LogP contribution in [0.4, 0.5) is 4.79 Å². The van der Waals surface area contributed by atoms with Crippen molar-refractivity contribution in [3.63, 3.8) is 0 Å². The lowest BCUT2D eigenvalue weighted by Crippen LogP contribution is -2.44. The van der Waals surface area contributed by atoms with Crippen LogP contribution in [0, 0.1) is 0 Å². The van der Waals surface area contributed by atoms with Gasteiger partial charge in [-0.1, -0.05) is 48.0 Å². The predicted octanol–water partition coefficient (Wildman–Crippen LogP) is 3.96. The molecule has 0 spiro atoms. The second kappa shape index (κ2) is 7.81. The van der Waals surface area contributed by atoms with Gasteiger partial charge in [0.05, 0.1) is 4.91 Å². The van der Waals surface area contributed by atoms with Gasteiger partial charge in [-0.25, -0.2) is 0 Å². The molecular weight excluding hydrogens is 396 g/mol. The third kappa shape index (κ3) is 3.84. The van der Waals surface area contributed by atoms with Gasteiger partial charge in [-0.05, 0) is 53.1 Å². The fourth-order valence-corrected chi connectivity index (χ4v) is 4.36. The summed E-state index contributed by atoms with van der Waals surface area (Å²) in [5.74, 6) is -0.665. The van der Waals surface area contributed by atoms with Gasteiger partial charge in [-0.15, -0.1) is 0 Å². The van der Waals surface area contributed by atoms with Crippen molar-refractivity contribution < 1.29 is 14.4 Å². The monoisotopic (exact) mass is 412 g/mol. The molecule has 2 aliphatic heterocycles. The van der Waals surface area contributed by atoms with Crippen molar-refractivity contribution in [2.45, 2.75) is 13.0 Å². The number of fused-ring (bicyclic) bond motifs is 1. The Morgan fingerprint density at radius 2 is 1.89 bits per heavy atom. The first kappa shape index (κ1) is 18.8. The number of imide groups is 1. The molecule has 7 heteroatoms. The van der Waals surface area contributed by atoms with Crippen LogP contribution in [0.3, 0.4) is 0 Å². The van der Waals surface area contributed by atoms with E-state index >= 15 is 0 Å². The maximum absolute atomic E-state index is 12.7. The number of hydrogen-bond donors (Lipinski definition) is 0. The van der Waals surface area contributed by atoms with E-state index in [9.17, 15) is 14.4 Å². The highest BCUT2D eigenvalue weighted by atomic mass is 35.5. The molecule has 5 nitrogen and oxygen atoms in total. The van der Waals surface area contributed by atoms with E-state index in [4.69, 9.17) is 11.6 Å². The summed E-state index contributed by atoms with van der Waals surface area (Å²) in [6.45, 7) is 0.855. The molecule has 0 radical (unpaired) electrons. The van der Waals surface area contributed by atoms with Crippen LogP contribution in [0.2, 0.25) is 5.02 Å². The molecule has 0 N–H and O–H groups in total. The zero-order valence-corrected chi connectivity index (χ0v) is 16.5. The van der Waals surface area contributed by atoms with E-state index in [-0.39, 0.29) is 12.5 Å². The predicted molar refractivity (Wildman–Crippen MR) is 110 cm³/mol. The zero-order valence-electron chi connectivity index (χ0n) is 14.9. The van der Waals surface area contributed by atoms with Gasteiger partial charge in [-0.2, -0.15) is 0 Å². The van der Waals surface area contributed by atoms with Gasteiger partial charge in [0.15, 0.2) is 0 Å². The van der Waals surface area contributed by atoms with Crippen LogP contribution in [0.1, 0.15) is 16.7 Å². The van der Waals surface area contributed by atoms with Crippen molar-refractivity contribution in [3.05, 3.63) is 75.1 Å². The number of carbonyl (C=O) groups excluding carboxylic acids is 3. The Labute approximate surface area is 172 Å². The average Bonchev–Trinajstić information content (AvgIpc) is 2.95. The number of amides is 3. The van der Waals surface area contributed by atoms with Gasteiger partial charge in [0.2, 0.25) is 5.91 Å². The van der Waals surface area contributed by atoms with Gasteiger partial charge < -0.3 is 4.90 Å². The Bertz CT molecular complexity index is 1000. The Kier molecular flexibility index (Phi) is 5.24. The Hall–Kier alpha value is -2.57. The molecule has 0 unspecified atom stereocenters. The summed E-state index contributed by atoms with van der Waals surface area (Å²) in [5.41, 5.74) is 3.08. The average molecular weight is 413 g/mol. The first-order chi connectivity index (χ1) is 13.5. The minimum absolute atomic E-state index is 0.221. The molecule has 2 aromatic rings. The first-order valence-electron chi connectivity index (χ1n) is 8.87. The number of benzene rings is 2. The number of halogens is 1. The van der Waals surface area contributed by atoms with Crippen molar-refractivity contribution in [1.29, 1.82) is 0 Å². The smallest absolute Gasteiger partial charge is 0.294 e. The molecule has 142 valence electrons. The molecule has 0 saturated carbocycles. The Morgan fingerprint density at radius 1 is 1.11 bits per heavy atom. The largest absolute Gasteiger partial charge is 0.336 e. The minimum Gasteiger partial charge on any atom is -0.336 e. The molecule has 1 fully saturated rings. The molecular formula is C21H17ClN2O3S.